The van der Waals surface area contributed by atoms with Gasteiger partial charge in [0.15, 0.2) is 0 Å². The molecule has 0 heterocycles. The van der Waals surface area contributed by atoms with Crippen LogP contribution >= 0.6 is 12.4 Å². The molecule has 0 amide bonds. The number of halogens is 4. The molecule has 0 saturated heterocycles. The summed E-state index contributed by atoms with van der Waals surface area (Å²) in [5.41, 5.74) is 5.13. The number of benzene rings is 1. The Morgan fingerprint density at radius 3 is 2.27 bits per heavy atom. The highest BCUT2D eigenvalue weighted by Gasteiger charge is 2.33. The van der Waals surface area contributed by atoms with Crippen LogP contribution in [0.25, 0.3) is 0 Å². The van der Waals surface area contributed by atoms with E-state index in [1.165, 1.54) is 12.1 Å². The Hall–Kier alpha value is -0.740. The predicted molar refractivity (Wildman–Crippen MR) is 55.9 cm³/mol. The fourth-order valence-electron chi connectivity index (χ4n) is 1.30. The summed E-state index contributed by atoms with van der Waals surface area (Å²) in [6.07, 6.45) is -3.82. The maximum Gasteiger partial charge on any atom is 0.416 e. The molecular weight excluding hydrogens is 227 g/mol. The topological polar surface area (TPSA) is 26.0 Å². The molecule has 0 fully saturated rings. The van der Waals surface area contributed by atoms with Crippen molar-refractivity contribution in [3.63, 3.8) is 0 Å². The molecule has 0 spiro atoms. The van der Waals surface area contributed by atoms with Gasteiger partial charge in [-0.2, -0.15) is 13.2 Å². The second-order valence-corrected chi connectivity index (χ2v) is 3.10. The molecule has 2 N–H and O–H groups in total. The van der Waals surface area contributed by atoms with Gasteiger partial charge in [0, 0.05) is 6.04 Å². The molecule has 1 aromatic carbocycles. The molecule has 0 saturated carbocycles. The molecule has 0 aliphatic rings. The van der Waals surface area contributed by atoms with Crippen LogP contribution in [0.4, 0.5) is 13.2 Å². The zero-order valence-corrected chi connectivity index (χ0v) is 9.03. The third kappa shape index (κ3) is 3.39. The second kappa shape index (κ2) is 5.37. The molecule has 1 aromatic rings. The van der Waals surface area contributed by atoms with Gasteiger partial charge in [0.2, 0.25) is 0 Å². The monoisotopic (exact) mass is 239 g/mol. The van der Waals surface area contributed by atoms with E-state index in [0.29, 0.717) is 6.42 Å². The lowest BCUT2D eigenvalue weighted by atomic mass is 9.99. The molecule has 15 heavy (non-hydrogen) atoms. The number of nitrogens with two attached hydrogens (primary N) is 1. The van der Waals surface area contributed by atoms with Gasteiger partial charge in [-0.25, -0.2) is 0 Å². The van der Waals surface area contributed by atoms with Gasteiger partial charge in [-0.15, -0.1) is 12.4 Å². The van der Waals surface area contributed by atoms with Crippen molar-refractivity contribution in [2.24, 2.45) is 5.73 Å². The fourth-order valence-corrected chi connectivity index (χ4v) is 1.30. The lowest BCUT2D eigenvalue weighted by Gasteiger charge is -2.16. The molecule has 5 heteroatoms. The Morgan fingerprint density at radius 2 is 1.80 bits per heavy atom. The number of alkyl halides is 3. The third-order valence-corrected chi connectivity index (χ3v) is 2.11. The maximum atomic E-state index is 12.5. The zero-order valence-electron chi connectivity index (χ0n) is 8.21. The quantitative estimate of drug-likeness (QED) is 0.839. The van der Waals surface area contributed by atoms with Crippen molar-refractivity contribution in [3.8, 4) is 0 Å². The van der Waals surface area contributed by atoms with E-state index in [2.05, 4.69) is 0 Å². The molecule has 1 rings (SSSR count). The predicted octanol–water partition coefficient (Wildman–Crippen LogP) is 3.54. The summed E-state index contributed by atoms with van der Waals surface area (Å²) in [4.78, 5) is 0. The molecule has 0 aliphatic carbocycles. The van der Waals surface area contributed by atoms with E-state index in [4.69, 9.17) is 5.73 Å². The van der Waals surface area contributed by atoms with Crippen LogP contribution in [0, 0.1) is 0 Å². The lowest BCUT2D eigenvalue weighted by Crippen LogP contribution is -2.16. The minimum atomic E-state index is -4.32. The smallest absolute Gasteiger partial charge is 0.324 e. The molecule has 0 bridgehead atoms. The van der Waals surface area contributed by atoms with Crippen LogP contribution in [0.5, 0.6) is 0 Å². The molecule has 1 nitrogen and oxygen atoms in total. The summed E-state index contributed by atoms with van der Waals surface area (Å²) >= 11 is 0. The first-order valence-electron chi connectivity index (χ1n) is 4.38. The average Bonchev–Trinajstić information content (AvgIpc) is 2.15. The largest absolute Gasteiger partial charge is 0.416 e. The SMILES string of the molecule is CCC(N)c1ccccc1C(F)(F)F.Cl. The van der Waals surface area contributed by atoms with E-state index in [0.717, 1.165) is 6.07 Å². The Morgan fingerprint density at radius 1 is 1.27 bits per heavy atom. The van der Waals surface area contributed by atoms with E-state index < -0.39 is 17.8 Å². The highest BCUT2D eigenvalue weighted by Crippen LogP contribution is 2.34. The summed E-state index contributed by atoms with van der Waals surface area (Å²) in [5, 5.41) is 0. The Labute approximate surface area is 92.9 Å². The van der Waals surface area contributed by atoms with Crippen molar-refractivity contribution < 1.29 is 13.2 Å². The molecule has 1 unspecified atom stereocenters. The first-order valence-corrected chi connectivity index (χ1v) is 4.38. The van der Waals surface area contributed by atoms with Crippen LogP contribution in [0.1, 0.15) is 30.5 Å². The zero-order chi connectivity index (χ0) is 10.8. The van der Waals surface area contributed by atoms with E-state index in [1.807, 2.05) is 0 Å². The number of rotatable bonds is 2. The van der Waals surface area contributed by atoms with Crippen molar-refractivity contribution in [1.82, 2.24) is 0 Å². The Bertz CT molecular complexity index is 312. The minimum absolute atomic E-state index is 0. The Kier molecular flexibility index (Phi) is 5.11. The summed E-state index contributed by atoms with van der Waals surface area (Å²) < 4.78 is 37.5. The van der Waals surface area contributed by atoms with Crippen LogP contribution in [0.2, 0.25) is 0 Å². The normalized spacial score (nSPS) is 13.1. The molecular formula is C10H13ClF3N. The van der Waals surface area contributed by atoms with Crippen molar-refractivity contribution in [2.75, 3.05) is 0 Å². The standard InChI is InChI=1S/C10H12F3N.ClH/c1-2-9(14)7-5-3-4-6-8(7)10(11,12)13;/h3-6,9H,2,14H2,1H3;1H. The van der Waals surface area contributed by atoms with Gasteiger partial charge in [0.1, 0.15) is 0 Å². The van der Waals surface area contributed by atoms with E-state index in [1.54, 1.807) is 13.0 Å². The van der Waals surface area contributed by atoms with E-state index >= 15 is 0 Å². The summed E-state index contributed by atoms with van der Waals surface area (Å²) in [6, 6.07) is 4.88. The van der Waals surface area contributed by atoms with Gasteiger partial charge in [-0.1, -0.05) is 25.1 Å². The maximum absolute atomic E-state index is 12.5. The second-order valence-electron chi connectivity index (χ2n) is 3.10. The lowest BCUT2D eigenvalue weighted by molar-refractivity contribution is -0.138. The summed E-state index contributed by atoms with van der Waals surface area (Å²) in [7, 11) is 0. The Balaban J connectivity index is 0.00000196. The van der Waals surface area contributed by atoms with Crippen LogP contribution < -0.4 is 5.73 Å². The van der Waals surface area contributed by atoms with Crippen molar-refractivity contribution in [2.45, 2.75) is 25.6 Å². The molecule has 0 aliphatic heterocycles. The molecule has 86 valence electrons. The van der Waals surface area contributed by atoms with Crippen LogP contribution in [0.3, 0.4) is 0 Å². The number of hydrogen-bond donors (Lipinski definition) is 1. The summed E-state index contributed by atoms with van der Waals surface area (Å²) in [5.74, 6) is 0. The fraction of sp³-hybridized carbons (Fsp3) is 0.400. The van der Waals surface area contributed by atoms with Gasteiger partial charge >= 0.3 is 6.18 Å². The molecule has 1 atom stereocenters. The summed E-state index contributed by atoms with van der Waals surface area (Å²) in [6.45, 7) is 1.76. The minimum Gasteiger partial charge on any atom is -0.324 e. The van der Waals surface area contributed by atoms with Gasteiger partial charge in [0.05, 0.1) is 5.56 Å². The van der Waals surface area contributed by atoms with Gasteiger partial charge in [0.25, 0.3) is 0 Å². The average molecular weight is 240 g/mol. The van der Waals surface area contributed by atoms with Gasteiger partial charge in [-0.05, 0) is 18.1 Å². The van der Waals surface area contributed by atoms with Crippen LogP contribution in [-0.4, -0.2) is 0 Å². The van der Waals surface area contributed by atoms with Crippen molar-refractivity contribution in [1.29, 1.82) is 0 Å². The third-order valence-electron chi connectivity index (χ3n) is 2.11. The first-order chi connectivity index (χ1) is 6.46. The van der Waals surface area contributed by atoms with Crippen LogP contribution in [0.15, 0.2) is 24.3 Å². The number of hydrogen-bond acceptors (Lipinski definition) is 1. The van der Waals surface area contributed by atoms with E-state index in [9.17, 15) is 13.2 Å². The van der Waals surface area contributed by atoms with E-state index in [-0.39, 0.29) is 18.0 Å². The van der Waals surface area contributed by atoms with Crippen molar-refractivity contribution >= 4 is 12.4 Å². The van der Waals surface area contributed by atoms with Crippen molar-refractivity contribution in [3.05, 3.63) is 35.4 Å². The first kappa shape index (κ1) is 14.3. The highest BCUT2D eigenvalue weighted by atomic mass is 35.5. The molecule has 0 aromatic heterocycles. The molecule has 0 radical (unpaired) electrons. The van der Waals surface area contributed by atoms with Crippen LogP contribution in [-0.2, 0) is 6.18 Å². The highest BCUT2D eigenvalue weighted by molar-refractivity contribution is 5.85. The van der Waals surface area contributed by atoms with Gasteiger partial charge in [-0.3, -0.25) is 0 Å². The van der Waals surface area contributed by atoms with Gasteiger partial charge < -0.3 is 5.73 Å².